The number of aryl methyl sites for hydroxylation is 2. The highest BCUT2D eigenvalue weighted by molar-refractivity contribution is 7.89. The Morgan fingerprint density at radius 1 is 1.18 bits per heavy atom. The van der Waals surface area contributed by atoms with E-state index in [0.717, 1.165) is 17.0 Å². The number of carbonyl (C=O) groups is 1. The quantitative estimate of drug-likeness (QED) is 0.463. The molecule has 1 aromatic heterocycles. The summed E-state index contributed by atoms with van der Waals surface area (Å²) in [7, 11) is -4.13. The van der Waals surface area contributed by atoms with E-state index >= 15 is 0 Å². The predicted octanol–water partition coefficient (Wildman–Crippen LogP) is 2.26. The Labute approximate surface area is 161 Å². The van der Waals surface area contributed by atoms with Crippen LogP contribution in [0.5, 0.6) is 0 Å². The number of nitrogens with one attached hydrogen (secondary N) is 2. The second kappa shape index (κ2) is 7.79. The molecule has 0 spiro atoms. The number of para-hydroxylation sites is 1. The number of benzene rings is 2. The summed E-state index contributed by atoms with van der Waals surface area (Å²) >= 11 is 0. The van der Waals surface area contributed by atoms with Crippen molar-refractivity contribution in [3.8, 4) is 0 Å². The van der Waals surface area contributed by atoms with Crippen molar-refractivity contribution in [2.75, 3.05) is 0 Å². The smallest absolute Gasteiger partial charge is 0.273 e. The molecule has 3 aromatic rings. The molecule has 0 unspecified atom stereocenters. The zero-order valence-corrected chi connectivity index (χ0v) is 15.8. The predicted molar refractivity (Wildman–Crippen MR) is 103 cm³/mol. The van der Waals surface area contributed by atoms with Gasteiger partial charge in [-0.25, -0.2) is 8.42 Å². The van der Waals surface area contributed by atoms with Crippen LogP contribution in [0.15, 0.2) is 59.6 Å². The van der Waals surface area contributed by atoms with Crippen LogP contribution >= 0.6 is 0 Å². The average Bonchev–Trinajstić information content (AvgIpc) is 3.08. The molecule has 0 aliphatic heterocycles. The Morgan fingerprint density at radius 2 is 1.93 bits per heavy atom. The molecule has 2 N–H and O–H groups in total. The number of amides is 1. The third kappa shape index (κ3) is 4.18. The first-order valence-corrected chi connectivity index (χ1v) is 9.86. The summed E-state index contributed by atoms with van der Waals surface area (Å²) in [6.45, 7) is 1.88. The molecule has 0 radical (unpaired) electrons. The number of nitrogens with zero attached hydrogens (tertiary/aromatic N) is 2. The first-order valence-electron chi connectivity index (χ1n) is 8.37. The third-order valence-electron chi connectivity index (χ3n) is 4.27. The van der Waals surface area contributed by atoms with Gasteiger partial charge in [-0.05, 0) is 30.5 Å². The van der Waals surface area contributed by atoms with E-state index in [1.54, 1.807) is 0 Å². The number of hydrogen-bond acceptors (Lipinski definition) is 5. The number of nitro benzene ring substituents is 1. The lowest BCUT2D eigenvalue weighted by Crippen LogP contribution is -2.41. The maximum atomic E-state index is 12.3. The molecule has 0 aliphatic carbocycles. The van der Waals surface area contributed by atoms with E-state index in [2.05, 4.69) is 5.43 Å². The number of nitro groups is 1. The van der Waals surface area contributed by atoms with Crippen molar-refractivity contribution in [3.63, 3.8) is 0 Å². The summed E-state index contributed by atoms with van der Waals surface area (Å²) in [6, 6.07) is 13.2. The molecule has 10 heteroatoms. The van der Waals surface area contributed by atoms with Gasteiger partial charge in [0.25, 0.3) is 15.7 Å². The molecule has 0 aliphatic rings. The average molecular weight is 402 g/mol. The normalized spacial score (nSPS) is 11.5. The molecular formula is C18H18N4O5S. The van der Waals surface area contributed by atoms with Crippen molar-refractivity contribution in [2.45, 2.75) is 24.8 Å². The molecule has 0 atom stereocenters. The summed E-state index contributed by atoms with van der Waals surface area (Å²) < 4.78 is 26.4. The Balaban J connectivity index is 1.62. The second-order valence-corrected chi connectivity index (χ2v) is 7.86. The zero-order valence-electron chi connectivity index (χ0n) is 15.0. The topological polar surface area (TPSA) is 123 Å². The first-order chi connectivity index (χ1) is 13.3. The molecule has 28 heavy (non-hydrogen) atoms. The summed E-state index contributed by atoms with van der Waals surface area (Å²) in [5, 5.41) is 12.0. The van der Waals surface area contributed by atoms with E-state index < -0.39 is 20.9 Å². The van der Waals surface area contributed by atoms with E-state index in [1.165, 1.54) is 19.1 Å². The van der Waals surface area contributed by atoms with Gasteiger partial charge < -0.3 is 4.57 Å². The fourth-order valence-corrected chi connectivity index (χ4v) is 3.64. The second-order valence-electron chi connectivity index (χ2n) is 6.18. The monoisotopic (exact) mass is 402 g/mol. The molecule has 0 saturated carbocycles. The Morgan fingerprint density at radius 3 is 2.68 bits per heavy atom. The van der Waals surface area contributed by atoms with Crippen LogP contribution in [-0.4, -0.2) is 23.8 Å². The van der Waals surface area contributed by atoms with Gasteiger partial charge in [-0.1, -0.05) is 24.3 Å². The highest BCUT2D eigenvalue weighted by Crippen LogP contribution is 2.21. The number of sulfonamides is 1. The van der Waals surface area contributed by atoms with Gasteiger partial charge >= 0.3 is 0 Å². The zero-order chi connectivity index (χ0) is 20.3. The van der Waals surface area contributed by atoms with Crippen molar-refractivity contribution in [2.24, 2.45) is 0 Å². The Bertz CT molecular complexity index is 1150. The number of fused-ring (bicyclic) bond motifs is 1. The maximum Gasteiger partial charge on any atom is 0.273 e. The molecule has 2 aromatic carbocycles. The minimum Gasteiger partial charge on any atom is -0.347 e. The van der Waals surface area contributed by atoms with Gasteiger partial charge in [-0.2, -0.15) is 0 Å². The van der Waals surface area contributed by atoms with Crippen LogP contribution < -0.4 is 10.3 Å². The summed E-state index contributed by atoms with van der Waals surface area (Å²) in [6.07, 6.45) is 1.91. The number of hydrogen-bond donors (Lipinski definition) is 2. The van der Waals surface area contributed by atoms with E-state index in [4.69, 9.17) is 0 Å². The molecule has 9 nitrogen and oxygen atoms in total. The number of hydrazine groups is 1. The van der Waals surface area contributed by atoms with Gasteiger partial charge in [-0.15, -0.1) is 4.83 Å². The number of rotatable bonds is 7. The molecular weight excluding hydrogens is 384 g/mol. The lowest BCUT2D eigenvalue weighted by atomic mass is 10.2. The molecule has 146 valence electrons. The molecule has 3 rings (SSSR count). The highest BCUT2D eigenvalue weighted by Gasteiger charge is 2.20. The van der Waals surface area contributed by atoms with Gasteiger partial charge in [0.2, 0.25) is 5.91 Å². The SMILES string of the molecule is Cc1ccc(S(=O)(=O)NNC(=O)CCn2ccc3ccccc32)cc1[N+](=O)[O-]. The van der Waals surface area contributed by atoms with Crippen LogP contribution in [0.4, 0.5) is 5.69 Å². The third-order valence-corrected chi connectivity index (χ3v) is 5.52. The summed E-state index contributed by atoms with van der Waals surface area (Å²) in [5.41, 5.74) is 3.14. The standard InChI is InChI=1S/C18H18N4O5S/c1-13-6-7-15(12-17(13)22(24)25)28(26,27)20-19-18(23)9-11-21-10-8-14-4-2-3-5-16(14)21/h2-8,10,12,20H,9,11H2,1H3,(H,19,23). The van der Waals surface area contributed by atoms with E-state index in [1.807, 2.05) is 45.9 Å². The molecule has 0 fully saturated rings. The van der Waals surface area contributed by atoms with Gasteiger partial charge in [0.05, 0.1) is 9.82 Å². The first kappa shape index (κ1) is 19.5. The molecule has 0 saturated heterocycles. The molecule has 0 bridgehead atoms. The van der Waals surface area contributed by atoms with Crippen LogP contribution in [0.3, 0.4) is 0 Å². The van der Waals surface area contributed by atoms with Crippen LogP contribution in [-0.2, 0) is 21.4 Å². The van der Waals surface area contributed by atoms with E-state index in [0.29, 0.717) is 12.1 Å². The fraction of sp³-hybridized carbons (Fsp3) is 0.167. The van der Waals surface area contributed by atoms with Gasteiger partial charge in [-0.3, -0.25) is 20.3 Å². The van der Waals surface area contributed by atoms with Crippen molar-refractivity contribution < 1.29 is 18.1 Å². The maximum absolute atomic E-state index is 12.3. The van der Waals surface area contributed by atoms with Crippen LogP contribution in [0.2, 0.25) is 0 Å². The highest BCUT2D eigenvalue weighted by atomic mass is 32.2. The molecule has 1 amide bonds. The lowest BCUT2D eigenvalue weighted by molar-refractivity contribution is -0.385. The van der Waals surface area contributed by atoms with Gasteiger partial charge in [0, 0.05) is 36.3 Å². The van der Waals surface area contributed by atoms with Crippen molar-refractivity contribution in [1.29, 1.82) is 0 Å². The van der Waals surface area contributed by atoms with E-state index in [9.17, 15) is 23.3 Å². The van der Waals surface area contributed by atoms with E-state index in [-0.39, 0.29) is 17.0 Å². The fourth-order valence-electron chi connectivity index (χ4n) is 2.76. The van der Waals surface area contributed by atoms with Crippen LogP contribution in [0.1, 0.15) is 12.0 Å². The number of aromatic nitrogens is 1. The summed E-state index contributed by atoms with van der Waals surface area (Å²) in [5.74, 6) is -0.525. The number of carbonyl (C=O) groups excluding carboxylic acids is 1. The Kier molecular flexibility index (Phi) is 5.43. The Hall–Kier alpha value is -3.24. The van der Waals surface area contributed by atoms with Crippen LogP contribution in [0, 0.1) is 17.0 Å². The summed E-state index contributed by atoms with van der Waals surface area (Å²) in [4.78, 5) is 24.0. The lowest BCUT2D eigenvalue weighted by Gasteiger charge is -2.10. The minimum atomic E-state index is -4.13. The van der Waals surface area contributed by atoms with Crippen molar-refractivity contribution >= 4 is 32.5 Å². The molecule has 1 heterocycles. The van der Waals surface area contributed by atoms with Crippen molar-refractivity contribution in [1.82, 2.24) is 14.8 Å². The minimum absolute atomic E-state index is 0.0508. The van der Waals surface area contributed by atoms with Crippen LogP contribution in [0.25, 0.3) is 10.9 Å². The van der Waals surface area contributed by atoms with Gasteiger partial charge in [0.1, 0.15) is 0 Å². The van der Waals surface area contributed by atoms with Gasteiger partial charge in [0.15, 0.2) is 0 Å². The largest absolute Gasteiger partial charge is 0.347 e. The van der Waals surface area contributed by atoms with Crippen molar-refractivity contribution in [3.05, 3.63) is 70.4 Å².